The van der Waals surface area contributed by atoms with E-state index in [1.165, 1.54) is 12.8 Å². The summed E-state index contributed by atoms with van der Waals surface area (Å²) in [6, 6.07) is 8.05. The van der Waals surface area contributed by atoms with Crippen LogP contribution in [0.15, 0.2) is 24.3 Å². The third-order valence-corrected chi connectivity index (χ3v) is 4.49. The normalized spacial score (nSPS) is 23.1. The van der Waals surface area contributed by atoms with E-state index in [-0.39, 0.29) is 5.92 Å². The highest BCUT2D eigenvalue weighted by Gasteiger charge is 2.30. The van der Waals surface area contributed by atoms with Crippen molar-refractivity contribution in [3.63, 3.8) is 0 Å². The van der Waals surface area contributed by atoms with Crippen molar-refractivity contribution in [2.24, 2.45) is 18.9 Å². The van der Waals surface area contributed by atoms with E-state index in [0.29, 0.717) is 18.1 Å². The summed E-state index contributed by atoms with van der Waals surface area (Å²) in [6.07, 6.45) is 3.92. The number of Topliss-reactive ketones (excluding diaryl/α,β-unsaturated/α-hetero) is 1. The number of nitrogens with zero attached hydrogens (tertiary/aromatic N) is 2. The first-order valence-corrected chi connectivity index (χ1v) is 7.10. The summed E-state index contributed by atoms with van der Waals surface area (Å²) >= 11 is 0. The number of ketones is 1. The Hall–Kier alpha value is -1.64. The second-order valence-electron chi connectivity index (χ2n) is 5.73. The predicted molar refractivity (Wildman–Crippen MR) is 75.9 cm³/mol. The minimum Gasteiger partial charge on any atom is -0.331 e. The topological polar surface area (TPSA) is 34.9 Å². The van der Waals surface area contributed by atoms with Gasteiger partial charge in [0.1, 0.15) is 11.6 Å². The number of fused-ring (bicyclic) bond motifs is 1. The van der Waals surface area contributed by atoms with E-state index >= 15 is 0 Å². The monoisotopic (exact) mass is 256 g/mol. The number of rotatable bonds is 3. The number of carbonyl (C=O) groups excluding carboxylic acids is 1. The molecule has 100 valence electrons. The fraction of sp³-hybridized carbons (Fsp3) is 0.500. The van der Waals surface area contributed by atoms with Crippen LogP contribution in [0.2, 0.25) is 0 Å². The number of carbonyl (C=O) groups is 1. The zero-order valence-electron chi connectivity index (χ0n) is 11.6. The minimum atomic E-state index is 0.250. The van der Waals surface area contributed by atoms with Gasteiger partial charge in [-0.3, -0.25) is 4.79 Å². The van der Waals surface area contributed by atoms with Gasteiger partial charge in [0.2, 0.25) is 0 Å². The van der Waals surface area contributed by atoms with Crippen LogP contribution < -0.4 is 0 Å². The fourth-order valence-electron chi connectivity index (χ4n) is 3.26. The van der Waals surface area contributed by atoms with Gasteiger partial charge in [0.25, 0.3) is 0 Å². The highest BCUT2D eigenvalue weighted by Crippen LogP contribution is 2.32. The number of aromatic nitrogens is 2. The second kappa shape index (κ2) is 4.80. The van der Waals surface area contributed by atoms with Gasteiger partial charge >= 0.3 is 0 Å². The molecule has 0 spiro atoms. The summed E-state index contributed by atoms with van der Waals surface area (Å²) in [5.74, 6) is 2.05. The van der Waals surface area contributed by atoms with Gasteiger partial charge in [-0.2, -0.15) is 0 Å². The third-order valence-electron chi connectivity index (χ3n) is 4.49. The molecule has 1 saturated carbocycles. The van der Waals surface area contributed by atoms with Crippen molar-refractivity contribution in [2.45, 2.75) is 32.6 Å². The van der Waals surface area contributed by atoms with Crippen molar-refractivity contribution in [1.82, 2.24) is 9.55 Å². The lowest BCUT2D eigenvalue weighted by Crippen LogP contribution is -2.20. The van der Waals surface area contributed by atoms with Crippen molar-refractivity contribution in [3.05, 3.63) is 30.1 Å². The molecule has 2 atom stereocenters. The summed E-state index contributed by atoms with van der Waals surface area (Å²) in [7, 11) is 2.00. The number of aryl methyl sites for hydroxylation is 1. The van der Waals surface area contributed by atoms with Crippen LogP contribution in [0.5, 0.6) is 0 Å². The second-order valence-corrected chi connectivity index (χ2v) is 5.73. The van der Waals surface area contributed by atoms with Gasteiger partial charge in [0.05, 0.1) is 17.5 Å². The van der Waals surface area contributed by atoms with Crippen molar-refractivity contribution in [3.8, 4) is 0 Å². The SMILES string of the molecule is CC1CCCC1C(=O)Cc1nc2ccccc2n1C. The average molecular weight is 256 g/mol. The molecule has 1 fully saturated rings. The molecule has 3 rings (SSSR count). The molecule has 1 heterocycles. The van der Waals surface area contributed by atoms with Crippen LogP contribution in [-0.2, 0) is 18.3 Å². The Labute approximate surface area is 113 Å². The van der Waals surface area contributed by atoms with Crippen LogP contribution in [0.3, 0.4) is 0 Å². The molecule has 0 radical (unpaired) electrons. The molecule has 0 saturated heterocycles. The zero-order chi connectivity index (χ0) is 13.4. The Bertz CT molecular complexity index is 614. The quantitative estimate of drug-likeness (QED) is 0.845. The molecule has 2 unspecified atom stereocenters. The minimum absolute atomic E-state index is 0.250. The highest BCUT2D eigenvalue weighted by molar-refractivity contribution is 5.84. The number of hydrogen-bond acceptors (Lipinski definition) is 2. The average Bonchev–Trinajstić information content (AvgIpc) is 2.95. The molecule has 0 amide bonds. The largest absolute Gasteiger partial charge is 0.331 e. The van der Waals surface area contributed by atoms with Crippen LogP contribution in [-0.4, -0.2) is 15.3 Å². The summed E-state index contributed by atoms with van der Waals surface area (Å²) in [4.78, 5) is 17.0. The van der Waals surface area contributed by atoms with E-state index < -0.39 is 0 Å². The van der Waals surface area contributed by atoms with E-state index in [0.717, 1.165) is 23.3 Å². The highest BCUT2D eigenvalue weighted by atomic mass is 16.1. The van der Waals surface area contributed by atoms with Gasteiger partial charge in [-0.05, 0) is 30.9 Å². The van der Waals surface area contributed by atoms with Gasteiger partial charge in [0, 0.05) is 13.0 Å². The zero-order valence-corrected chi connectivity index (χ0v) is 11.6. The van der Waals surface area contributed by atoms with Crippen LogP contribution in [0.4, 0.5) is 0 Å². The van der Waals surface area contributed by atoms with Gasteiger partial charge < -0.3 is 4.57 Å². The van der Waals surface area contributed by atoms with Crippen LogP contribution in [0, 0.1) is 11.8 Å². The van der Waals surface area contributed by atoms with E-state index in [1.54, 1.807) is 0 Å². The first-order valence-electron chi connectivity index (χ1n) is 7.10. The smallest absolute Gasteiger partial charge is 0.143 e. The third kappa shape index (κ3) is 2.18. The predicted octanol–water partition coefficient (Wildman–Crippen LogP) is 3.12. The van der Waals surface area contributed by atoms with Crippen LogP contribution >= 0.6 is 0 Å². The van der Waals surface area contributed by atoms with E-state index in [2.05, 4.69) is 18.0 Å². The molecule has 2 aromatic rings. The lowest BCUT2D eigenvalue weighted by molar-refractivity contribution is -0.123. The molecule has 1 aliphatic carbocycles. The molecule has 1 aliphatic rings. The van der Waals surface area contributed by atoms with Gasteiger partial charge in [-0.25, -0.2) is 4.98 Å². The number of benzene rings is 1. The summed E-state index contributed by atoms with van der Waals surface area (Å²) in [5.41, 5.74) is 2.08. The van der Waals surface area contributed by atoms with E-state index in [4.69, 9.17) is 0 Å². The fourth-order valence-corrected chi connectivity index (χ4v) is 3.26. The van der Waals surface area contributed by atoms with Crippen LogP contribution in [0.25, 0.3) is 11.0 Å². The van der Waals surface area contributed by atoms with Gasteiger partial charge in [-0.1, -0.05) is 25.5 Å². The first-order chi connectivity index (χ1) is 9.16. The van der Waals surface area contributed by atoms with Gasteiger partial charge in [0.15, 0.2) is 0 Å². The lowest BCUT2D eigenvalue weighted by Gasteiger charge is -2.13. The molecule has 0 aliphatic heterocycles. The van der Waals surface area contributed by atoms with E-state index in [9.17, 15) is 4.79 Å². The molecule has 3 nitrogen and oxygen atoms in total. The maximum atomic E-state index is 12.4. The summed E-state index contributed by atoms with van der Waals surface area (Å²) < 4.78 is 2.05. The maximum Gasteiger partial charge on any atom is 0.143 e. The summed E-state index contributed by atoms with van der Waals surface area (Å²) in [5, 5.41) is 0. The van der Waals surface area contributed by atoms with E-state index in [1.807, 2.05) is 29.8 Å². The van der Waals surface area contributed by atoms with Crippen molar-refractivity contribution in [2.75, 3.05) is 0 Å². The Morgan fingerprint density at radius 2 is 2.16 bits per heavy atom. The van der Waals surface area contributed by atoms with Crippen molar-refractivity contribution in [1.29, 1.82) is 0 Å². The Kier molecular flexibility index (Phi) is 3.13. The number of para-hydroxylation sites is 2. The molecule has 0 bridgehead atoms. The first kappa shape index (κ1) is 12.4. The maximum absolute atomic E-state index is 12.4. The summed E-state index contributed by atoms with van der Waals surface area (Å²) in [6.45, 7) is 2.20. The standard InChI is InChI=1S/C16H20N2O/c1-11-6-5-7-12(11)15(19)10-16-17-13-8-3-4-9-14(13)18(16)2/h3-4,8-9,11-12H,5-7,10H2,1-2H3. The molecular weight excluding hydrogens is 236 g/mol. The Morgan fingerprint density at radius 1 is 1.37 bits per heavy atom. The number of imidazole rings is 1. The molecule has 1 aromatic heterocycles. The molecule has 0 N–H and O–H groups in total. The molecule has 1 aromatic carbocycles. The van der Waals surface area contributed by atoms with Crippen molar-refractivity contribution < 1.29 is 4.79 Å². The molecule has 3 heteroatoms. The van der Waals surface area contributed by atoms with Gasteiger partial charge in [-0.15, -0.1) is 0 Å². The molecular formula is C16H20N2O. The lowest BCUT2D eigenvalue weighted by atomic mass is 9.92. The number of hydrogen-bond donors (Lipinski definition) is 0. The molecule has 19 heavy (non-hydrogen) atoms. The Morgan fingerprint density at radius 3 is 2.84 bits per heavy atom. The van der Waals surface area contributed by atoms with Crippen LogP contribution in [0.1, 0.15) is 32.0 Å². The Balaban J connectivity index is 1.85. The van der Waals surface area contributed by atoms with Crippen molar-refractivity contribution >= 4 is 16.8 Å².